The highest BCUT2D eigenvalue weighted by Gasteiger charge is 2.15. The molecule has 23 heavy (non-hydrogen) atoms. The van der Waals surface area contributed by atoms with Crippen LogP contribution in [0.5, 0.6) is 5.75 Å². The fraction of sp³-hybridized carbons (Fsp3) is 0.333. The molecule has 1 heterocycles. The molecule has 1 unspecified atom stereocenters. The van der Waals surface area contributed by atoms with Gasteiger partial charge in [-0.05, 0) is 48.7 Å². The fourth-order valence-electron chi connectivity index (χ4n) is 2.48. The number of anilines is 1. The molecule has 3 nitrogen and oxygen atoms in total. The van der Waals surface area contributed by atoms with Crippen molar-refractivity contribution < 1.29 is 9.47 Å². The van der Waals surface area contributed by atoms with E-state index >= 15 is 0 Å². The van der Waals surface area contributed by atoms with Crippen molar-refractivity contribution in [1.29, 1.82) is 0 Å². The van der Waals surface area contributed by atoms with Crippen LogP contribution in [0.4, 0.5) is 5.69 Å². The number of nitrogens with one attached hydrogen (secondary N) is 1. The van der Waals surface area contributed by atoms with E-state index in [-0.39, 0.29) is 6.10 Å². The topological polar surface area (TPSA) is 30.5 Å². The van der Waals surface area contributed by atoms with Crippen LogP contribution in [-0.2, 0) is 11.3 Å². The standard InChI is InChI=1S/C18H19Cl2NO2/c19-17-8-5-14(10-18(17)20)21-11-13-3-6-15(7-4-13)23-12-16-2-1-9-22-16/h3-8,10,16,21H,1-2,9,11-12H2. The molecule has 0 bridgehead atoms. The largest absolute Gasteiger partial charge is 0.491 e. The lowest BCUT2D eigenvalue weighted by atomic mass is 10.2. The first-order valence-electron chi connectivity index (χ1n) is 7.73. The van der Waals surface area contributed by atoms with Crippen LogP contribution < -0.4 is 10.1 Å². The monoisotopic (exact) mass is 351 g/mol. The number of hydrogen-bond donors (Lipinski definition) is 1. The molecule has 0 radical (unpaired) electrons. The highest BCUT2D eigenvalue weighted by molar-refractivity contribution is 6.42. The van der Waals surface area contributed by atoms with Gasteiger partial charge >= 0.3 is 0 Å². The van der Waals surface area contributed by atoms with Gasteiger partial charge in [0.2, 0.25) is 0 Å². The Labute approximate surface area is 146 Å². The van der Waals surface area contributed by atoms with Gasteiger partial charge in [0.05, 0.1) is 16.1 Å². The Morgan fingerprint density at radius 3 is 2.61 bits per heavy atom. The third kappa shape index (κ3) is 4.77. The van der Waals surface area contributed by atoms with Gasteiger partial charge in [-0.1, -0.05) is 35.3 Å². The molecule has 1 aliphatic heterocycles. The summed E-state index contributed by atoms with van der Waals surface area (Å²) in [7, 11) is 0. The minimum absolute atomic E-state index is 0.242. The number of rotatable bonds is 6. The Morgan fingerprint density at radius 1 is 1.09 bits per heavy atom. The Kier molecular flexibility index (Phi) is 5.65. The lowest BCUT2D eigenvalue weighted by molar-refractivity contribution is 0.0679. The van der Waals surface area contributed by atoms with Crippen molar-refractivity contribution in [2.24, 2.45) is 0 Å². The maximum absolute atomic E-state index is 6.01. The van der Waals surface area contributed by atoms with Gasteiger partial charge in [0.25, 0.3) is 0 Å². The molecule has 2 aromatic carbocycles. The molecule has 5 heteroatoms. The summed E-state index contributed by atoms with van der Waals surface area (Å²) in [5.74, 6) is 0.874. The maximum Gasteiger partial charge on any atom is 0.119 e. The van der Waals surface area contributed by atoms with Crippen LogP contribution in [0.1, 0.15) is 18.4 Å². The fourth-order valence-corrected chi connectivity index (χ4v) is 2.78. The Hall–Kier alpha value is -1.42. The van der Waals surface area contributed by atoms with E-state index in [0.29, 0.717) is 23.2 Å². The predicted molar refractivity (Wildman–Crippen MR) is 94.7 cm³/mol. The van der Waals surface area contributed by atoms with Gasteiger partial charge in [-0.3, -0.25) is 0 Å². The van der Waals surface area contributed by atoms with Crippen molar-refractivity contribution in [2.45, 2.75) is 25.5 Å². The van der Waals surface area contributed by atoms with Gasteiger partial charge in [0.15, 0.2) is 0 Å². The van der Waals surface area contributed by atoms with E-state index in [9.17, 15) is 0 Å². The molecule has 3 rings (SSSR count). The molecule has 1 atom stereocenters. The first-order chi connectivity index (χ1) is 11.2. The van der Waals surface area contributed by atoms with Crippen LogP contribution in [0.15, 0.2) is 42.5 Å². The minimum Gasteiger partial charge on any atom is -0.491 e. The molecule has 1 fully saturated rings. The summed E-state index contributed by atoms with van der Waals surface area (Å²) in [5.41, 5.74) is 2.11. The van der Waals surface area contributed by atoms with E-state index in [2.05, 4.69) is 17.4 Å². The van der Waals surface area contributed by atoms with Gasteiger partial charge in [-0.25, -0.2) is 0 Å². The smallest absolute Gasteiger partial charge is 0.119 e. The van der Waals surface area contributed by atoms with E-state index < -0.39 is 0 Å². The normalized spacial score (nSPS) is 17.2. The van der Waals surface area contributed by atoms with Crippen LogP contribution in [-0.4, -0.2) is 19.3 Å². The Bertz CT molecular complexity index is 640. The molecular formula is C18H19Cl2NO2. The third-order valence-corrected chi connectivity index (χ3v) is 4.54. The van der Waals surface area contributed by atoms with Gasteiger partial charge in [-0.15, -0.1) is 0 Å². The Balaban J connectivity index is 1.49. The van der Waals surface area contributed by atoms with Crippen LogP contribution >= 0.6 is 23.2 Å². The molecule has 1 saturated heterocycles. The quantitative estimate of drug-likeness (QED) is 0.779. The molecule has 2 aromatic rings. The average Bonchev–Trinajstić information content (AvgIpc) is 3.08. The summed E-state index contributed by atoms with van der Waals surface area (Å²) in [6, 6.07) is 13.6. The number of hydrogen-bond acceptors (Lipinski definition) is 3. The summed E-state index contributed by atoms with van der Waals surface area (Å²) in [4.78, 5) is 0. The van der Waals surface area contributed by atoms with Gasteiger partial charge in [-0.2, -0.15) is 0 Å². The predicted octanol–water partition coefficient (Wildman–Crippen LogP) is 5.16. The summed E-state index contributed by atoms with van der Waals surface area (Å²) >= 11 is 11.9. The molecule has 0 saturated carbocycles. The van der Waals surface area contributed by atoms with Crippen LogP contribution in [0.2, 0.25) is 10.0 Å². The zero-order valence-electron chi connectivity index (χ0n) is 12.7. The second kappa shape index (κ2) is 7.91. The number of ether oxygens (including phenoxy) is 2. The van der Waals surface area contributed by atoms with E-state index in [1.54, 1.807) is 6.07 Å². The summed E-state index contributed by atoms with van der Waals surface area (Å²) in [5, 5.41) is 4.43. The lowest BCUT2D eigenvalue weighted by Crippen LogP contribution is -2.16. The number of halogens is 2. The van der Waals surface area contributed by atoms with Crippen molar-refractivity contribution in [3.05, 3.63) is 58.1 Å². The molecule has 122 valence electrons. The van der Waals surface area contributed by atoms with Gasteiger partial charge in [0, 0.05) is 18.8 Å². The number of benzene rings is 2. The van der Waals surface area contributed by atoms with E-state index in [4.69, 9.17) is 32.7 Å². The summed E-state index contributed by atoms with van der Waals surface area (Å²) in [6.07, 6.45) is 2.46. The van der Waals surface area contributed by atoms with E-state index in [0.717, 1.165) is 30.9 Å². The lowest BCUT2D eigenvalue weighted by Gasteiger charge is -2.12. The van der Waals surface area contributed by atoms with Crippen LogP contribution in [0.3, 0.4) is 0 Å². The molecule has 0 spiro atoms. The molecule has 0 aliphatic carbocycles. The molecule has 1 aliphatic rings. The van der Waals surface area contributed by atoms with E-state index in [1.807, 2.05) is 24.3 Å². The molecular weight excluding hydrogens is 333 g/mol. The average molecular weight is 352 g/mol. The van der Waals surface area contributed by atoms with Crippen LogP contribution in [0, 0.1) is 0 Å². The molecule has 1 N–H and O–H groups in total. The second-order valence-electron chi connectivity index (χ2n) is 5.57. The zero-order valence-corrected chi connectivity index (χ0v) is 14.2. The summed E-state index contributed by atoms with van der Waals surface area (Å²) in [6.45, 7) is 2.19. The van der Waals surface area contributed by atoms with Crippen molar-refractivity contribution in [2.75, 3.05) is 18.5 Å². The van der Waals surface area contributed by atoms with Gasteiger partial charge < -0.3 is 14.8 Å². The first-order valence-corrected chi connectivity index (χ1v) is 8.48. The van der Waals surface area contributed by atoms with Gasteiger partial charge in [0.1, 0.15) is 12.4 Å². The maximum atomic E-state index is 6.01. The minimum atomic E-state index is 0.242. The zero-order chi connectivity index (χ0) is 16.1. The van der Waals surface area contributed by atoms with Crippen molar-refractivity contribution in [1.82, 2.24) is 0 Å². The van der Waals surface area contributed by atoms with Crippen molar-refractivity contribution in [3.8, 4) is 5.75 Å². The highest BCUT2D eigenvalue weighted by Crippen LogP contribution is 2.25. The second-order valence-corrected chi connectivity index (χ2v) is 6.39. The summed E-state index contributed by atoms with van der Waals surface area (Å²) < 4.78 is 11.3. The molecule has 0 aromatic heterocycles. The molecule has 0 amide bonds. The van der Waals surface area contributed by atoms with Crippen molar-refractivity contribution in [3.63, 3.8) is 0 Å². The SMILES string of the molecule is Clc1ccc(NCc2ccc(OCC3CCCO3)cc2)cc1Cl. The van der Waals surface area contributed by atoms with Crippen LogP contribution in [0.25, 0.3) is 0 Å². The highest BCUT2D eigenvalue weighted by atomic mass is 35.5. The first kappa shape index (κ1) is 16.4. The van der Waals surface area contributed by atoms with Crippen molar-refractivity contribution >= 4 is 28.9 Å². The Morgan fingerprint density at radius 2 is 1.91 bits per heavy atom. The third-order valence-electron chi connectivity index (χ3n) is 3.80. The van der Waals surface area contributed by atoms with E-state index in [1.165, 1.54) is 5.56 Å².